The van der Waals surface area contributed by atoms with Crippen LogP contribution in [0, 0.1) is 0 Å². The molecule has 0 bridgehead atoms. The lowest BCUT2D eigenvalue weighted by atomic mass is 10.2. The molecule has 2 saturated heterocycles. The molecule has 0 aliphatic carbocycles. The van der Waals surface area contributed by atoms with Crippen LogP contribution in [0.5, 0.6) is 0 Å². The van der Waals surface area contributed by atoms with Crippen LogP contribution in [-0.4, -0.2) is 61.9 Å². The van der Waals surface area contributed by atoms with E-state index < -0.39 is 0 Å². The van der Waals surface area contributed by atoms with Crippen LogP contribution in [0.1, 0.15) is 36.0 Å². The number of anilines is 1. The summed E-state index contributed by atoms with van der Waals surface area (Å²) >= 11 is 0. The second kappa shape index (κ2) is 10.2. The summed E-state index contributed by atoms with van der Waals surface area (Å²) in [6.07, 6.45) is 5.83. The smallest absolute Gasteiger partial charge is 0.322 e. The van der Waals surface area contributed by atoms with Gasteiger partial charge >= 0.3 is 6.03 Å². The second-order valence-electron chi connectivity index (χ2n) is 7.18. The summed E-state index contributed by atoms with van der Waals surface area (Å²) in [5.74, 6) is -0.170. The number of benzene rings is 1. The van der Waals surface area contributed by atoms with Crippen molar-refractivity contribution in [3.05, 3.63) is 42.5 Å². The van der Waals surface area contributed by atoms with Crippen molar-refractivity contribution < 1.29 is 19.1 Å². The molecule has 0 aromatic heterocycles. The van der Waals surface area contributed by atoms with Gasteiger partial charge in [0.05, 0.1) is 12.2 Å². The number of nitrogens with zero attached hydrogens (tertiary/aromatic N) is 1. The third-order valence-electron chi connectivity index (χ3n) is 4.99. The molecule has 0 saturated carbocycles. The van der Waals surface area contributed by atoms with Crippen molar-refractivity contribution in [2.75, 3.05) is 38.2 Å². The maximum Gasteiger partial charge on any atom is 0.322 e. The molecule has 1 aromatic carbocycles. The van der Waals surface area contributed by atoms with Crippen molar-refractivity contribution in [3.63, 3.8) is 0 Å². The highest BCUT2D eigenvalue weighted by Gasteiger charge is 2.27. The molecule has 3 amide bonds. The summed E-state index contributed by atoms with van der Waals surface area (Å²) in [5, 5.41) is 5.65. The number of urea groups is 1. The quantitative estimate of drug-likeness (QED) is 0.672. The van der Waals surface area contributed by atoms with E-state index in [9.17, 15) is 9.59 Å². The number of carbonyl (C=O) groups excluding carboxylic acids is 2. The normalized spacial score (nSPS) is 21.3. The molecule has 28 heavy (non-hydrogen) atoms. The number of hydrogen-bond donors (Lipinski definition) is 2. The second-order valence-corrected chi connectivity index (χ2v) is 7.18. The summed E-state index contributed by atoms with van der Waals surface area (Å²) in [6, 6.07) is 6.68. The molecule has 1 aromatic rings. The van der Waals surface area contributed by atoms with E-state index in [4.69, 9.17) is 9.47 Å². The van der Waals surface area contributed by atoms with E-state index >= 15 is 0 Å². The van der Waals surface area contributed by atoms with Crippen LogP contribution in [0.2, 0.25) is 0 Å². The van der Waals surface area contributed by atoms with Gasteiger partial charge in [-0.1, -0.05) is 6.08 Å². The summed E-state index contributed by atoms with van der Waals surface area (Å²) < 4.78 is 11.4. The fourth-order valence-corrected chi connectivity index (χ4v) is 3.48. The molecule has 0 spiro atoms. The predicted octanol–water partition coefficient (Wildman–Crippen LogP) is 2.79. The molecule has 2 aliphatic heterocycles. The van der Waals surface area contributed by atoms with Crippen LogP contribution in [0.25, 0.3) is 0 Å². The molecule has 2 N–H and O–H groups in total. The van der Waals surface area contributed by atoms with Crippen LogP contribution < -0.4 is 10.6 Å². The van der Waals surface area contributed by atoms with E-state index in [1.807, 2.05) is 0 Å². The first kappa shape index (κ1) is 20.4. The molecule has 2 aliphatic rings. The molecule has 2 heterocycles. The molecule has 7 heteroatoms. The van der Waals surface area contributed by atoms with Gasteiger partial charge in [0.2, 0.25) is 0 Å². The Morgan fingerprint density at radius 1 is 1.07 bits per heavy atom. The topological polar surface area (TPSA) is 79.9 Å². The van der Waals surface area contributed by atoms with E-state index in [1.54, 1.807) is 35.2 Å². The minimum Gasteiger partial charge on any atom is -0.376 e. The molecular formula is C21H29N3O4. The average molecular weight is 387 g/mol. The van der Waals surface area contributed by atoms with Crippen LogP contribution >= 0.6 is 0 Å². The first-order valence-electron chi connectivity index (χ1n) is 9.94. The summed E-state index contributed by atoms with van der Waals surface area (Å²) in [5.41, 5.74) is 1.19. The van der Waals surface area contributed by atoms with Gasteiger partial charge in [0.15, 0.2) is 0 Å². The molecule has 2 fully saturated rings. The Kier molecular flexibility index (Phi) is 7.45. The zero-order valence-corrected chi connectivity index (χ0v) is 16.2. The highest BCUT2D eigenvalue weighted by Crippen LogP contribution is 2.18. The fourth-order valence-electron chi connectivity index (χ4n) is 3.48. The van der Waals surface area contributed by atoms with Gasteiger partial charge in [-0.25, -0.2) is 4.79 Å². The largest absolute Gasteiger partial charge is 0.376 e. The van der Waals surface area contributed by atoms with Crippen molar-refractivity contribution in [1.29, 1.82) is 0 Å². The van der Waals surface area contributed by atoms with Crippen molar-refractivity contribution >= 4 is 17.6 Å². The SMILES string of the molecule is C=CCNC(=O)c1ccc(NC(=O)N(CC2CCCO2)CC2CCCO2)cc1. The molecule has 2 unspecified atom stereocenters. The number of nitrogens with one attached hydrogen (secondary N) is 2. The third-order valence-corrected chi connectivity index (χ3v) is 4.99. The summed E-state index contributed by atoms with van der Waals surface area (Å²) in [7, 11) is 0. The Labute approximate surface area is 166 Å². The third kappa shape index (κ3) is 5.81. The first-order valence-corrected chi connectivity index (χ1v) is 9.94. The van der Waals surface area contributed by atoms with Crippen molar-refractivity contribution in [3.8, 4) is 0 Å². The predicted molar refractivity (Wildman–Crippen MR) is 108 cm³/mol. The Hall–Kier alpha value is -2.38. The van der Waals surface area contributed by atoms with E-state index in [-0.39, 0.29) is 24.1 Å². The number of hydrogen-bond acceptors (Lipinski definition) is 4. The lowest BCUT2D eigenvalue weighted by molar-refractivity contribution is 0.0524. The van der Waals surface area contributed by atoms with Crippen LogP contribution in [0.3, 0.4) is 0 Å². The van der Waals surface area contributed by atoms with Gasteiger partial charge in [0.25, 0.3) is 5.91 Å². The monoisotopic (exact) mass is 387 g/mol. The molecule has 0 radical (unpaired) electrons. The maximum atomic E-state index is 12.9. The zero-order valence-electron chi connectivity index (χ0n) is 16.2. The number of carbonyl (C=O) groups is 2. The van der Waals surface area contributed by atoms with Gasteiger partial charge in [0.1, 0.15) is 0 Å². The zero-order chi connectivity index (χ0) is 19.8. The van der Waals surface area contributed by atoms with Crippen molar-refractivity contribution in [2.45, 2.75) is 37.9 Å². The number of amides is 3. The van der Waals surface area contributed by atoms with E-state index in [2.05, 4.69) is 17.2 Å². The molecule has 2 atom stereocenters. The summed E-state index contributed by atoms with van der Waals surface area (Å²) in [6.45, 7) is 6.64. The van der Waals surface area contributed by atoms with Crippen LogP contribution in [-0.2, 0) is 9.47 Å². The minimum absolute atomic E-state index is 0.0862. The Balaban J connectivity index is 1.59. The first-order chi connectivity index (χ1) is 13.7. The van der Waals surface area contributed by atoms with Crippen molar-refractivity contribution in [2.24, 2.45) is 0 Å². The maximum absolute atomic E-state index is 12.9. The van der Waals surface area contributed by atoms with Gasteiger partial charge in [-0.15, -0.1) is 6.58 Å². The highest BCUT2D eigenvalue weighted by atomic mass is 16.5. The van der Waals surface area contributed by atoms with Gasteiger partial charge in [-0.2, -0.15) is 0 Å². The fraction of sp³-hybridized carbons (Fsp3) is 0.524. The molecular weight excluding hydrogens is 358 g/mol. The lowest BCUT2D eigenvalue weighted by Crippen LogP contribution is -2.44. The Morgan fingerprint density at radius 3 is 2.18 bits per heavy atom. The lowest BCUT2D eigenvalue weighted by Gasteiger charge is -2.28. The Morgan fingerprint density at radius 2 is 1.68 bits per heavy atom. The standard InChI is InChI=1S/C21H29N3O4/c1-2-11-22-20(25)16-7-9-17(10-8-16)23-21(26)24(14-18-5-3-12-27-18)15-19-6-4-13-28-19/h2,7-10,18-19H,1,3-6,11-15H2,(H,22,25)(H,23,26). The van der Waals surface area contributed by atoms with Gasteiger partial charge in [-0.05, 0) is 49.9 Å². The number of ether oxygens (including phenoxy) is 2. The molecule has 152 valence electrons. The van der Waals surface area contributed by atoms with E-state index in [0.29, 0.717) is 30.9 Å². The minimum atomic E-state index is -0.171. The van der Waals surface area contributed by atoms with Crippen LogP contribution in [0.4, 0.5) is 10.5 Å². The highest BCUT2D eigenvalue weighted by molar-refractivity contribution is 5.95. The molecule has 7 nitrogen and oxygen atoms in total. The van der Waals surface area contributed by atoms with E-state index in [0.717, 1.165) is 38.9 Å². The van der Waals surface area contributed by atoms with Crippen molar-refractivity contribution in [1.82, 2.24) is 10.2 Å². The number of rotatable bonds is 8. The van der Waals surface area contributed by atoms with Crippen LogP contribution in [0.15, 0.2) is 36.9 Å². The van der Waals surface area contributed by atoms with E-state index in [1.165, 1.54) is 0 Å². The van der Waals surface area contributed by atoms with Gasteiger partial charge < -0.3 is 25.0 Å². The summed E-state index contributed by atoms with van der Waals surface area (Å²) in [4.78, 5) is 26.6. The average Bonchev–Trinajstić information content (AvgIpc) is 3.40. The van der Waals surface area contributed by atoms with Gasteiger partial charge in [0, 0.05) is 44.1 Å². The Bertz CT molecular complexity index is 647. The molecule has 3 rings (SSSR count). The van der Waals surface area contributed by atoms with Gasteiger partial charge in [-0.3, -0.25) is 4.79 Å².